The van der Waals surface area contributed by atoms with Gasteiger partial charge >= 0.3 is 12.1 Å². The zero-order valence-corrected chi connectivity index (χ0v) is 13.0. The number of hydrogen-bond donors (Lipinski definition) is 2. The summed E-state index contributed by atoms with van der Waals surface area (Å²) in [6, 6.07) is 3.56. The molecular formula is C12H7ClF3N3O4S. The van der Waals surface area contributed by atoms with Crippen LogP contribution in [-0.2, 0) is 9.59 Å². The fourth-order valence-electron chi connectivity index (χ4n) is 1.97. The van der Waals surface area contributed by atoms with Crippen LogP contribution in [0, 0.1) is 0 Å². The number of hydrogen-bond acceptors (Lipinski definition) is 6. The summed E-state index contributed by atoms with van der Waals surface area (Å²) in [5.41, 5.74) is 5.28. The molecule has 3 N–H and O–H groups in total. The third-order valence-corrected chi connectivity index (χ3v) is 4.21. The van der Waals surface area contributed by atoms with Crippen molar-refractivity contribution in [2.75, 3.05) is 0 Å². The minimum absolute atomic E-state index is 0.115. The smallest absolute Gasteiger partial charge is 0.424 e. The Morgan fingerprint density at radius 3 is 2.62 bits per heavy atom. The molecule has 0 aliphatic carbocycles. The van der Waals surface area contributed by atoms with Gasteiger partial charge in [0.1, 0.15) is 0 Å². The highest BCUT2D eigenvalue weighted by molar-refractivity contribution is 8.16. The molecule has 12 heteroatoms. The van der Waals surface area contributed by atoms with Gasteiger partial charge in [-0.15, -0.1) is 0 Å². The molecular weight excluding hydrogens is 375 g/mol. The number of nitrogens with one attached hydrogen (secondary N) is 1. The molecule has 0 saturated carbocycles. The Kier molecular flexibility index (Phi) is 3.79. The molecule has 7 nitrogen and oxygen atoms in total. The normalized spacial score (nSPS) is 25.6. The largest absolute Gasteiger partial charge is 0.492 e. The van der Waals surface area contributed by atoms with Crippen molar-refractivity contribution in [3.63, 3.8) is 0 Å². The molecule has 0 radical (unpaired) electrons. The van der Waals surface area contributed by atoms with Gasteiger partial charge in [-0.25, -0.2) is 0 Å². The number of alkyl halides is 3. The van der Waals surface area contributed by atoms with E-state index in [-0.39, 0.29) is 21.7 Å². The van der Waals surface area contributed by atoms with Crippen molar-refractivity contribution in [1.29, 1.82) is 0 Å². The molecule has 128 valence electrons. The Morgan fingerprint density at radius 1 is 1.38 bits per heavy atom. The zero-order chi connectivity index (χ0) is 17.7. The zero-order valence-electron chi connectivity index (χ0n) is 11.4. The molecule has 2 amide bonds. The van der Waals surface area contributed by atoms with E-state index >= 15 is 0 Å². The number of amides is 2. The Labute approximate surface area is 141 Å². The number of fused-ring (bicyclic) bond motifs is 1. The third-order valence-electron chi connectivity index (χ3n) is 3.00. The van der Waals surface area contributed by atoms with E-state index in [0.29, 0.717) is 11.8 Å². The topological polar surface area (TPSA) is 103 Å². The number of nitrogens with zero attached hydrogens (tertiary/aromatic N) is 1. The number of ether oxygens (including phenoxy) is 2. The lowest BCUT2D eigenvalue weighted by atomic mass is 10.3. The first-order valence-corrected chi connectivity index (χ1v) is 7.48. The Bertz CT molecular complexity index is 772. The first-order valence-electron chi connectivity index (χ1n) is 6.22. The summed E-state index contributed by atoms with van der Waals surface area (Å²) >= 11 is 6.22. The molecule has 0 spiro atoms. The summed E-state index contributed by atoms with van der Waals surface area (Å²) < 4.78 is 49.9. The van der Waals surface area contributed by atoms with Gasteiger partial charge in [0.2, 0.25) is 5.91 Å². The van der Waals surface area contributed by atoms with Crippen LogP contribution in [0.2, 0.25) is 5.02 Å². The number of aliphatic imine (C=N–C) groups is 1. The highest BCUT2D eigenvalue weighted by Crippen LogP contribution is 2.46. The van der Waals surface area contributed by atoms with Gasteiger partial charge in [0.25, 0.3) is 5.91 Å². The molecule has 24 heavy (non-hydrogen) atoms. The first kappa shape index (κ1) is 16.7. The molecule has 2 aliphatic rings. The minimum atomic E-state index is -5.15. The lowest BCUT2D eigenvalue weighted by Gasteiger charge is -2.30. The number of amidine groups is 1. The van der Waals surface area contributed by atoms with E-state index in [2.05, 4.69) is 4.99 Å². The van der Waals surface area contributed by atoms with Crippen molar-refractivity contribution in [3.05, 3.63) is 23.2 Å². The summed E-state index contributed by atoms with van der Waals surface area (Å²) in [6.07, 6.45) is -5.15. The van der Waals surface area contributed by atoms with Crippen molar-refractivity contribution in [2.24, 2.45) is 10.7 Å². The van der Waals surface area contributed by atoms with E-state index in [4.69, 9.17) is 26.8 Å². The van der Waals surface area contributed by atoms with Crippen LogP contribution in [0.15, 0.2) is 23.2 Å². The summed E-state index contributed by atoms with van der Waals surface area (Å²) in [5, 5.41) is -0.0854. The van der Waals surface area contributed by atoms with E-state index in [9.17, 15) is 22.8 Å². The van der Waals surface area contributed by atoms with Gasteiger partial charge in [-0.05, 0) is 12.1 Å². The van der Waals surface area contributed by atoms with Crippen LogP contribution in [0.3, 0.4) is 0 Å². The van der Waals surface area contributed by atoms with Crippen molar-refractivity contribution < 1.29 is 32.2 Å². The number of halogens is 4. The lowest BCUT2D eigenvalue weighted by molar-refractivity contribution is -0.319. The third kappa shape index (κ3) is 2.73. The van der Waals surface area contributed by atoms with Gasteiger partial charge in [-0.3, -0.25) is 14.9 Å². The summed E-state index contributed by atoms with van der Waals surface area (Å²) in [7, 11) is 0. The fourth-order valence-corrected chi connectivity index (χ4v) is 2.84. The second-order valence-electron chi connectivity index (χ2n) is 4.68. The van der Waals surface area contributed by atoms with Crippen LogP contribution < -0.4 is 20.5 Å². The van der Waals surface area contributed by atoms with Crippen LogP contribution in [0.5, 0.6) is 11.5 Å². The summed E-state index contributed by atoms with van der Waals surface area (Å²) in [4.78, 5) is 26.8. The Balaban J connectivity index is 1.87. The minimum Gasteiger partial charge on any atom is -0.424 e. The SMILES string of the molecule is NC1=NC(=O)[C@@H](C(=O)N[C@@]2(C(F)(F)F)Oc3ccc(Cl)cc3O2)S1. The highest BCUT2D eigenvalue weighted by atomic mass is 35.5. The predicted molar refractivity (Wildman–Crippen MR) is 77.6 cm³/mol. The average molecular weight is 382 g/mol. The van der Waals surface area contributed by atoms with Crippen LogP contribution in [0.4, 0.5) is 13.2 Å². The molecule has 0 bridgehead atoms. The molecule has 0 aromatic heterocycles. The predicted octanol–water partition coefficient (Wildman–Crippen LogP) is 1.40. The molecule has 0 fully saturated rings. The first-order chi connectivity index (χ1) is 11.1. The molecule has 2 heterocycles. The molecule has 2 aliphatic heterocycles. The van der Waals surface area contributed by atoms with Gasteiger partial charge in [-0.1, -0.05) is 23.4 Å². The monoisotopic (exact) mass is 381 g/mol. The molecule has 1 aromatic rings. The van der Waals surface area contributed by atoms with Crippen LogP contribution in [-0.4, -0.2) is 34.3 Å². The van der Waals surface area contributed by atoms with Crippen molar-refractivity contribution >= 4 is 40.3 Å². The molecule has 2 atom stereocenters. The number of carbonyl (C=O) groups is 2. The maximum Gasteiger partial charge on any atom is 0.492 e. The Hall–Kier alpha value is -2.14. The average Bonchev–Trinajstić information content (AvgIpc) is 2.98. The summed E-state index contributed by atoms with van der Waals surface area (Å²) in [6.45, 7) is 0. The fraction of sp³-hybridized carbons (Fsp3) is 0.250. The number of rotatable bonds is 2. The Morgan fingerprint density at radius 2 is 2.04 bits per heavy atom. The highest BCUT2D eigenvalue weighted by Gasteiger charge is 2.66. The van der Waals surface area contributed by atoms with Gasteiger partial charge in [-0.2, -0.15) is 18.2 Å². The number of thioether (sulfide) groups is 1. The molecule has 0 saturated heterocycles. The van der Waals surface area contributed by atoms with Crippen LogP contribution in [0.25, 0.3) is 0 Å². The van der Waals surface area contributed by atoms with Crippen molar-refractivity contribution in [2.45, 2.75) is 17.3 Å². The maximum atomic E-state index is 13.5. The second kappa shape index (κ2) is 5.45. The number of carbonyl (C=O) groups excluding carboxylic acids is 2. The van der Waals surface area contributed by atoms with Gasteiger partial charge in [0.05, 0.1) is 0 Å². The van der Waals surface area contributed by atoms with E-state index in [1.807, 2.05) is 0 Å². The van der Waals surface area contributed by atoms with Crippen LogP contribution >= 0.6 is 23.4 Å². The van der Waals surface area contributed by atoms with Crippen molar-refractivity contribution in [3.8, 4) is 11.5 Å². The standard InChI is InChI=1S/C12H7ClF3N3O4S/c13-4-1-2-5-6(3-4)23-12(22-5,11(14,15)16)19-9(21)7-8(20)18-10(17)24-7/h1-3,7H,(H,19,21)(H2,17,18,20)/t7-,12-/m0/s1. The van der Waals surface area contributed by atoms with E-state index in [1.165, 1.54) is 6.07 Å². The van der Waals surface area contributed by atoms with Gasteiger partial charge in [0, 0.05) is 11.1 Å². The quantitative estimate of drug-likeness (QED) is 0.751. The number of nitrogens with two attached hydrogens (primary N) is 1. The molecule has 3 rings (SSSR count). The number of benzene rings is 1. The summed E-state index contributed by atoms with van der Waals surface area (Å²) in [5.74, 6) is -6.31. The molecule has 1 aromatic carbocycles. The molecule has 0 unspecified atom stereocenters. The second-order valence-corrected chi connectivity index (χ2v) is 6.25. The van der Waals surface area contributed by atoms with E-state index in [0.717, 1.165) is 12.1 Å². The van der Waals surface area contributed by atoms with Gasteiger partial charge < -0.3 is 15.2 Å². The van der Waals surface area contributed by atoms with Crippen molar-refractivity contribution in [1.82, 2.24) is 5.32 Å². The van der Waals surface area contributed by atoms with Gasteiger partial charge in [0.15, 0.2) is 21.9 Å². The van der Waals surface area contributed by atoms with E-state index in [1.54, 1.807) is 5.32 Å². The lowest BCUT2D eigenvalue weighted by Crippen LogP contribution is -2.66. The van der Waals surface area contributed by atoms with E-state index < -0.39 is 29.2 Å². The maximum absolute atomic E-state index is 13.5. The van der Waals surface area contributed by atoms with Crippen LogP contribution in [0.1, 0.15) is 0 Å².